The topological polar surface area (TPSA) is 28.2 Å². The monoisotopic (exact) mass is 263 g/mol. The predicted molar refractivity (Wildman–Crippen MR) is 83.5 cm³/mol. The molecule has 1 N–H and O–H groups in total. The summed E-state index contributed by atoms with van der Waals surface area (Å²) in [6.45, 7) is 13.1. The van der Waals surface area contributed by atoms with Crippen LogP contribution in [0.3, 0.4) is 0 Å². The summed E-state index contributed by atoms with van der Waals surface area (Å²) in [4.78, 5) is 6.85. The zero-order chi connectivity index (χ0) is 14.4. The molecule has 1 aromatic heterocycles. The fourth-order valence-electron chi connectivity index (χ4n) is 2.02. The average molecular weight is 263 g/mol. The normalized spacial score (nSPS) is 13.1. The van der Waals surface area contributed by atoms with Crippen LogP contribution in [-0.4, -0.2) is 24.6 Å². The number of hydrogen-bond donors (Lipinski definition) is 1. The molecule has 108 valence electrons. The summed E-state index contributed by atoms with van der Waals surface area (Å²) in [5.41, 5.74) is 1.28. The van der Waals surface area contributed by atoms with Gasteiger partial charge in [0, 0.05) is 31.4 Å². The molecule has 0 aliphatic carbocycles. The minimum atomic E-state index is 0.485. The van der Waals surface area contributed by atoms with E-state index in [1.807, 2.05) is 12.3 Å². The lowest BCUT2D eigenvalue weighted by Gasteiger charge is -2.30. The van der Waals surface area contributed by atoms with Crippen molar-refractivity contribution in [3.8, 4) is 0 Å². The molecule has 1 unspecified atom stereocenters. The third-order valence-electron chi connectivity index (χ3n) is 3.65. The fraction of sp³-hybridized carbons (Fsp3) is 0.688. The van der Waals surface area contributed by atoms with Gasteiger partial charge < -0.3 is 10.2 Å². The number of nitrogens with zero attached hydrogens (tertiary/aromatic N) is 2. The minimum absolute atomic E-state index is 0.485. The Bertz CT molecular complexity index is 374. The third-order valence-corrected chi connectivity index (χ3v) is 3.65. The Hall–Kier alpha value is -1.09. The molecule has 0 aliphatic heterocycles. The SMILES string of the molecule is CC(C)CNCc1cccnc1N(C)C(C)C(C)C. The molecule has 0 spiro atoms. The van der Waals surface area contributed by atoms with Crippen molar-refractivity contribution in [1.82, 2.24) is 10.3 Å². The van der Waals surface area contributed by atoms with Crippen LogP contribution in [0.5, 0.6) is 0 Å². The van der Waals surface area contributed by atoms with E-state index in [9.17, 15) is 0 Å². The van der Waals surface area contributed by atoms with Gasteiger partial charge in [0.05, 0.1) is 0 Å². The number of anilines is 1. The van der Waals surface area contributed by atoms with Crippen molar-refractivity contribution < 1.29 is 0 Å². The van der Waals surface area contributed by atoms with Gasteiger partial charge in [-0.15, -0.1) is 0 Å². The Labute approximate surface area is 118 Å². The molecule has 3 nitrogen and oxygen atoms in total. The van der Waals surface area contributed by atoms with Crippen LogP contribution in [0.2, 0.25) is 0 Å². The van der Waals surface area contributed by atoms with Crippen molar-refractivity contribution in [3.63, 3.8) is 0 Å². The molecule has 1 aromatic rings. The third kappa shape index (κ3) is 4.83. The quantitative estimate of drug-likeness (QED) is 0.818. The first kappa shape index (κ1) is 16.0. The maximum atomic E-state index is 4.57. The van der Waals surface area contributed by atoms with Crippen molar-refractivity contribution in [2.24, 2.45) is 11.8 Å². The van der Waals surface area contributed by atoms with Gasteiger partial charge in [0.1, 0.15) is 5.82 Å². The maximum absolute atomic E-state index is 4.57. The molecule has 1 heterocycles. The molecule has 3 heteroatoms. The molecule has 0 aromatic carbocycles. The van der Waals surface area contributed by atoms with E-state index >= 15 is 0 Å². The van der Waals surface area contributed by atoms with Gasteiger partial charge in [-0.1, -0.05) is 33.8 Å². The number of nitrogens with one attached hydrogen (secondary N) is 1. The van der Waals surface area contributed by atoms with Crippen LogP contribution < -0.4 is 10.2 Å². The van der Waals surface area contributed by atoms with Gasteiger partial charge in [-0.3, -0.25) is 0 Å². The van der Waals surface area contributed by atoms with Gasteiger partial charge in [-0.2, -0.15) is 0 Å². The van der Waals surface area contributed by atoms with Crippen LogP contribution in [-0.2, 0) is 6.54 Å². The summed E-state index contributed by atoms with van der Waals surface area (Å²) in [6.07, 6.45) is 1.88. The molecule has 19 heavy (non-hydrogen) atoms. The Balaban J connectivity index is 2.77. The van der Waals surface area contributed by atoms with Gasteiger partial charge >= 0.3 is 0 Å². The van der Waals surface area contributed by atoms with Gasteiger partial charge in [-0.25, -0.2) is 4.98 Å². The second-order valence-corrected chi connectivity index (χ2v) is 6.11. The summed E-state index contributed by atoms with van der Waals surface area (Å²) in [6, 6.07) is 4.67. The van der Waals surface area contributed by atoms with Crippen molar-refractivity contribution in [1.29, 1.82) is 0 Å². The molecule has 0 bridgehead atoms. The fourth-order valence-corrected chi connectivity index (χ4v) is 2.02. The molecule has 0 fully saturated rings. The van der Waals surface area contributed by atoms with Crippen LogP contribution in [0.4, 0.5) is 5.82 Å². The van der Waals surface area contributed by atoms with Gasteiger partial charge in [0.25, 0.3) is 0 Å². The molecule has 0 saturated carbocycles. The van der Waals surface area contributed by atoms with E-state index in [1.165, 1.54) is 5.56 Å². The van der Waals surface area contributed by atoms with E-state index < -0.39 is 0 Å². The molecule has 0 amide bonds. The maximum Gasteiger partial charge on any atom is 0.132 e. The van der Waals surface area contributed by atoms with Crippen LogP contribution in [0.1, 0.15) is 40.2 Å². The van der Waals surface area contributed by atoms with E-state index in [0.29, 0.717) is 17.9 Å². The zero-order valence-corrected chi connectivity index (χ0v) is 13.3. The molecule has 1 atom stereocenters. The van der Waals surface area contributed by atoms with E-state index in [0.717, 1.165) is 18.9 Å². The smallest absolute Gasteiger partial charge is 0.132 e. The number of aromatic nitrogens is 1. The molecule has 0 saturated heterocycles. The second-order valence-electron chi connectivity index (χ2n) is 6.11. The van der Waals surface area contributed by atoms with Gasteiger partial charge in [-0.05, 0) is 31.4 Å². The Morgan fingerprint density at radius 3 is 2.47 bits per heavy atom. The van der Waals surface area contributed by atoms with Gasteiger partial charge in [0.2, 0.25) is 0 Å². The highest BCUT2D eigenvalue weighted by Gasteiger charge is 2.17. The number of pyridine rings is 1. The van der Waals surface area contributed by atoms with Crippen molar-refractivity contribution >= 4 is 5.82 Å². The van der Waals surface area contributed by atoms with E-state index in [-0.39, 0.29) is 0 Å². The molecule has 0 radical (unpaired) electrons. The van der Waals surface area contributed by atoms with E-state index in [4.69, 9.17) is 0 Å². The van der Waals surface area contributed by atoms with Crippen LogP contribution in [0.25, 0.3) is 0 Å². The molecule has 1 rings (SSSR count). The highest BCUT2D eigenvalue weighted by molar-refractivity contribution is 5.46. The molecular weight excluding hydrogens is 234 g/mol. The summed E-state index contributed by atoms with van der Waals surface area (Å²) >= 11 is 0. The van der Waals surface area contributed by atoms with Crippen LogP contribution >= 0.6 is 0 Å². The first-order valence-corrected chi connectivity index (χ1v) is 7.31. The predicted octanol–water partition coefficient (Wildman–Crippen LogP) is 3.31. The van der Waals surface area contributed by atoms with Crippen molar-refractivity contribution in [2.75, 3.05) is 18.5 Å². The first-order valence-electron chi connectivity index (χ1n) is 7.31. The summed E-state index contributed by atoms with van der Waals surface area (Å²) in [5.74, 6) is 2.39. The van der Waals surface area contributed by atoms with Crippen molar-refractivity contribution in [2.45, 2.75) is 47.2 Å². The lowest BCUT2D eigenvalue weighted by atomic mass is 10.0. The standard InChI is InChI=1S/C16H29N3/c1-12(2)10-17-11-15-8-7-9-18-16(15)19(6)14(5)13(3)4/h7-9,12-14,17H,10-11H2,1-6H3. The van der Waals surface area contributed by atoms with Crippen molar-refractivity contribution in [3.05, 3.63) is 23.9 Å². The Morgan fingerprint density at radius 1 is 1.21 bits per heavy atom. The summed E-state index contributed by atoms with van der Waals surface area (Å²) in [5, 5.41) is 3.50. The minimum Gasteiger partial charge on any atom is -0.356 e. The second kappa shape index (κ2) is 7.49. The highest BCUT2D eigenvalue weighted by Crippen LogP contribution is 2.20. The Kier molecular flexibility index (Phi) is 6.29. The largest absolute Gasteiger partial charge is 0.356 e. The average Bonchev–Trinajstić information content (AvgIpc) is 2.37. The molecule has 0 aliphatic rings. The number of hydrogen-bond acceptors (Lipinski definition) is 3. The summed E-state index contributed by atoms with van der Waals surface area (Å²) in [7, 11) is 2.14. The lowest BCUT2D eigenvalue weighted by molar-refractivity contribution is 0.499. The molecular formula is C16H29N3. The van der Waals surface area contributed by atoms with E-state index in [2.05, 4.69) is 62.9 Å². The summed E-state index contributed by atoms with van der Waals surface area (Å²) < 4.78 is 0. The van der Waals surface area contributed by atoms with Gasteiger partial charge in [0.15, 0.2) is 0 Å². The highest BCUT2D eigenvalue weighted by atomic mass is 15.2. The zero-order valence-electron chi connectivity index (χ0n) is 13.3. The van der Waals surface area contributed by atoms with E-state index in [1.54, 1.807) is 0 Å². The lowest BCUT2D eigenvalue weighted by Crippen LogP contribution is -2.35. The van der Waals surface area contributed by atoms with Crippen LogP contribution in [0.15, 0.2) is 18.3 Å². The van der Waals surface area contributed by atoms with Crippen LogP contribution in [0, 0.1) is 11.8 Å². The first-order chi connectivity index (χ1) is 8.93. The Morgan fingerprint density at radius 2 is 1.89 bits per heavy atom. The number of rotatable bonds is 7.